The number of hydrogen-bond donors (Lipinski definition) is 2. The second-order valence-electron chi connectivity index (χ2n) is 5.25. The van der Waals surface area contributed by atoms with E-state index in [-0.39, 0.29) is 24.1 Å². The van der Waals surface area contributed by atoms with Gasteiger partial charge < -0.3 is 10.3 Å². The predicted octanol–water partition coefficient (Wildman–Crippen LogP) is 2.59. The van der Waals surface area contributed by atoms with Crippen LogP contribution in [0, 0.1) is 5.82 Å². The second kappa shape index (κ2) is 6.41. The highest BCUT2D eigenvalue weighted by molar-refractivity contribution is 5.97. The van der Waals surface area contributed by atoms with E-state index >= 15 is 0 Å². The molecule has 0 radical (unpaired) electrons. The van der Waals surface area contributed by atoms with Crippen molar-refractivity contribution in [3.8, 4) is 0 Å². The Bertz CT molecular complexity index is 654. The summed E-state index contributed by atoms with van der Waals surface area (Å²) < 4.78 is 14.9. The first-order chi connectivity index (χ1) is 9.35. The number of imidazole rings is 1. The van der Waals surface area contributed by atoms with Crippen LogP contribution >= 0.6 is 12.4 Å². The Balaban J connectivity index is 0.00000220. The number of fused-ring (bicyclic) bond motifs is 1. The maximum absolute atomic E-state index is 13.2. The minimum absolute atomic E-state index is 0. The molecular weight excluding hydrogens is 295 g/mol. The van der Waals surface area contributed by atoms with E-state index in [9.17, 15) is 9.18 Å². The lowest BCUT2D eigenvalue weighted by Crippen LogP contribution is -2.48. The fourth-order valence-corrected chi connectivity index (χ4v) is 2.16. The van der Waals surface area contributed by atoms with Crippen LogP contribution in [0.3, 0.4) is 0 Å². The fraction of sp³-hybridized carbons (Fsp3) is 0.429. The first kappa shape index (κ1) is 17.4. The van der Waals surface area contributed by atoms with E-state index in [2.05, 4.69) is 10.3 Å². The first-order valence-electron chi connectivity index (χ1n) is 6.57. The molecular formula is C14H20ClFN4O. The number of carbonyl (C=O) groups is 1. The number of amides is 1. The minimum atomic E-state index is -0.946. The minimum Gasteiger partial charge on any atom is -0.318 e. The molecule has 0 aliphatic carbocycles. The van der Waals surface area contributed by atoms with Crippen LogP contribution in [0.5, 0.6) is 0 Å². The monoisotopic (exact) mass is 314 g/mol. The van der Waals surface area contributed by atoms with E-state index in [1.54, 1.807) is 24.6 Å². The molecule has 0 aliphatic rings. The van der Waals surface area contributed by atoms with E-state index in [0.29, 0.717) is 17.9 Å². The van der Waals surface area contributed by atoms with E-state index < -0.39 is 5.54 Å². The second-order valence-corrected chi connectivity index (χ2v) is 5.25. The summed E-state index contributed by atoms with van der Waals surface area (Å²) in [5.41, 5.74) is 6.28. The van der Waals surface area contributed by atoms with Gasteiger partial charge in [-0.15, -0.1) is 12.4 Å². The highest BCUT2D eigenvalue weighted by atomic mass is 35.5. The number of anilines is 1. The number of hydrogen-bond acceptors (Lipinski definition) is 3. The van der Waals surface area contributed by atoms with Crippen molar-refractivity contribution in [3.05, 3.63) is 24.0 Å². The molecule has 1 heterocycles. The molecule has 1 aromatic carbocycles. The van der Waals surface area contributed by atoms with Crippen molar-refractivity contribution in [1.29, 1.82) is 0 Å². The standard InChI is InChI=1S/C14H19FN4O.ClH/c1-4-7-14(2,16)12(20)18-13-17-10-8-9(15)5-6-11(10)19(13)3;/h5-6,8H,4,7,16H2,1-3H3,(H,17,18,20);1H. The Morgan fingerprint density at radius 3 is 2.81 bits per heavy atom. The molecule has 1 amide bonds. The lowest BCUT2D eigenvalue weighted by Gasteiger charge is -2.22. The van der Waals surface area contributed by atoms with Gasteiger partial charge in [0.15, 0.2) is 0 Å². The number of carbonyl (C=O) groups excluding carboxylic acids is 1. The smallest absolute Gasteiger partial charge is 0.246 e. The van der Waals surface area contributed by atoms with E-state index in [1.165, 1.54) is 12.1 Å². The largest absolute Gasteiger partial charge is 0.318 e. The average molecular weight is 315 g/mol. The quantitative estimate of drug-likeness (QED) is 0.911. The van der Waals surface area contributed by atoms with Gasteiger partial charge in [-0.1, -0.05) is 13.3 Å². The van der Waals surface area contributed by atoms with Gasteiger partial charge >= 0.3 is 0 Å². The molecule has 0 aliphatic heterocycles. The van der Waals surface area contributed by atoms with Crippen LogP contribution in [-0.2, 0) is 11.8 Å². The molecule has 0 saturated carbocycles. The van der Waals surface area contributed by atoms with Crippen molar-refractivity contribution in [3.63, 3.8) is 0 Å². The zero-order valence-corrected chi connectivity index (χ0v) is 13.1. The highest BCUT2D eigenvalue weighted by Gasteiger charge is 2.28. The normalized spacial score (nSPS) is 13.6. The molecule has 0 fully saturated rings. The van der Waals surface area contributed by atoms with Crippen LogP contribution in [-0.4, -0.2) is 21.0 Å². The fourth-order valence-electron chi connectivity index (χ4n) is 2.16. The molecule has 1 unspecified atom stereocenters. The molecule has 5 nitrogen and oxygen atoms in total. The summed E-state index contributed by atoms with van der Waals surface area (Å²) in [7, 11) is 1.76. The molecule has 3 N–H and O–H groups in total. The first-order valence-corrected chi connectivity index (χ1v) is 6.57. The van der Waals surface area contributed by atoms with Crippen LogP contribution in [0.4, 0.5) is 10.3 Å². The van der Waals surface area contributed by atoms with Crippen molar-refractivity contribution < 1.29 is 9.18 Å². The summed E-state index contributed by atoms with van der Waals surface area (Å²) in [6.07, 6.45) is 1.39. The van der Waals surface area contributed by atoms with Gasteiger partial charge in [-0.3, -0.25) is 10.1 Å². The molecule has 0 saturated heterocycles. The summed E-state index contributed by atoms with van der Waals surface area (Å²) >= 11 is 0. The van der Waals surface area contributed by atoms with Gasteiger partial charge in [-0.2, -0.15) is 0 Å². The number of nitrogens with two attached hydrogens (primary N) is 1. The molecule has 1 atom stereocenters. The summed E-state index contributed by atoms with van der Waals surface area (Å²) in [6, 6.07) is 4.32. The molecule has 7 heteroatoms. The zero-order chi connectivity index (χ0) is 14.9. The van der Waals surface area contributed by atoms with Crippen LogP contribution in [0.15, 0.2) is 18.2 Å². The van der Waals surface area contributed by atoms with Gasteiger partial charge in [-0.05, 0) is 25.5 Å². The van der Waals surface area contributed by atoms with Crippen LogP contribution in [0.2, 0.25) is 0 Å². The summed E-state index contributed by atoms with van der Waals surface area (Å²) in [4.78, 5) is 16.4. The predicted molar refractivity (Wildman–Crippen MR) is 84.1 cm³/mol. The van der Waals surface area contributed by atoms with Crippen molar-refractivity contribution in [2.75, 3.05) is 5.32 Å². The third-order valence-electron chi connectivity index (χ3n) is 3.36. The van der Waals surface area contributed by atoms with Crippen LogP contribution in [0.1, 0.15) is 26.7 Å². The summed E-state index contributed by atoms with van der Waals surface area (Å²) in [6.45, 7) is 3.66. The molecule has 21 heavy (non-hydrogen) atoms. The van der Waals surface area contributed by atoms with Crippen molar-refractivity contribution in [1.82, 2.24) is 9.55 Å². The van der Waals surface area contributed by atoms with Gasteiger partial charge in [0, 0.05) is 13.1 Å². The molecule has 2 aromatic rings. The molecule has 116 valence electrons. The molecule has 1 aromatic heterocycles. The van der Waals surface area contributed by atoms with Crippen LogP contribution in [0.25, 0.3) is 11.0 Å². The summed E-state index contributed by atoms with van der Waals surface area (Å²) in [5.74, 6) is -0.287. The Labute approximate surface area is 129 Å². The van der Waals surface area contributed by atoms with E-state index in [1.807, 2.05) is 6.92 Å². The number of aromatic nitrogens is 2. The van der Waals surface area contributed by atoms with Gasteiger partial charge in [0.05, 0.1) is 16.6 Å². The van der Waals surface area contributed by atoms with E-state index in [4.69, 9.17) is 5.73 Å². The van der Waals surface area contributed by atoms with Gasteiger partial charge in [0.25, 0.3) is 0 Å². The van der Waals surface area contributed by atoms with Gasteiger partial charge in [0.1, 0.15) is 5.82 Å². The van der Waals surface area contributed by atoms with Gasteiger partial charge in [-0.25, -0.2) is 9.37 Å². The van der Waals surface area contributed by atoms with Crippen LogP contribution < -0.4 is 11.1 Å². The maximum atomic E-state index is 13.2. The third kappa shape index (κ3) is 3.51. The molecule has 2 rings (SSSR count). The Kier molecular flexibility index (Phi) is 5.31. The van der Waals surface area contributed by atoms with Crippen molar-refractivity contribution in [2.45, 2.75) is 32.2 Å². The SMILES string of the molecule is CCCC(C)(N)C(=O)Nc1nc2cc(F)ccc2n1C.Cl. The number of benzene rings is 1. The molecule has 0 spiro atoms. The Morgan fingerprint density at radius 2 is 2.19 bits per heavy atom. The maximum Gasteiger partial charge on any atom is 0.246 e. The molecule has 0 bridgehead atoms. The Hall–Kier alpha value is -1.66. The lowest BCUT2D eigenvalue weighted by molar-refractivity contribution is -0.120. The average Bonchev–Trinajstić information content (AvgIpc) is 2.65. The number of nitrogens with zero attached hydrogens (tertiary/aromatic N) is 2. The Morgan fingerprint density at radius 1 is 1.52 bits per heavy atom. The van der Waals surface area contributed by atoms with Gasteiger partial charge in [0.2, 0.25) is 11.9 Å². The highest BCUT2D eigenvalue weighted by Crippen LogP contribution is 2.20. The number of nitrogens with one attached hydrogen (secondary N) is 1. The number of halogens is 2. The topological polar surface area (TPSA) is 72.9 Å². The van der Waals surface area contributed by atoms with E-state index in [0.717, 1.165) is 11.9 Å². The summed E-state index contributed by atoms with van der Waals surface area (Å²) in [5, 5.41) is 2.71. The lowest BCUT2D eigenvalue weighted by atomic mass is 9.97. The van der Waals surface area contributed by atoms with Crippen molar-refractivity contribution in [2.24, 2.45) is 12.8 Å². The number of rotatable bonds is 4. The zero-order valence-electron chi connectivity index (χ0n) is 12.3. The van der Waals surface area contributed by atoms with Crippen molar-refractivity contribution >= 4 is 35.3 Å². The number of aryl methyl sites for hydroxylation is 1. The third-order valence-corrected chi connectivity index (χ3v) is 3.36.